The highest BCUT2D eigenvalue weighted by atomic mass is 35.5. The Morgan fingerprint density at radius 3 is 2.79 bits per heavy atom. The zero-order valence-corrected chi connectivity index (χ0v) is 14.4. The summed E-state index contributed by atoms with van der Waals surface area (Å²) in [6.07, 6.45) is 3.19. The Labute approximate surface area is 149 Å². The van der Waals surface area contributed by atoms with Crippen LogP contribution in [0.5, 0.6) is 5.75 Å². The van der Waals surface area contributed by atoms with Gasteiger partial charge in [0.25, 0.3) is 5.56 Å². The van der Waals surface area contributed by atoms with Crippen molar-refractivity contribution in [2.45, 2.75) is 19.4 Å². The molecule has 0 saturated carbocycles. The van der Waals surface area contributed by atoms with Crippen LogP contribution >= 0.6 is 23.2 Å². The van der Waals surface area contributed by atoms with E-state index in [9.17, 15) is 4.79 Å². The van der Waals surface area contributed by atoms with E-state index in [1.165, 1.54) is 0 Å². The highest BCUT2D eigenvalue weighted by Gasteiger charge is 2.04. The molecule has 0 N–H and O–H groups in total. The highest BCUT2D eigenvalue weighted by molar-refractivity contribution is 6.34. The van der Waals surface area contributed by atoms with E-state index in [0.29, 0.717) is 34.3 Å². The molecule has 0 unspecified atom stereocenters. The first kappa shape index (κ1) is 16.8. The molecule has 0 aliphatic carbocycles. The van der Waals surface area contributed by atoms with Crippen molar-refractivity contribution in [1.82, 2.24) is 9.55 Å². The van der Waals surface area contributed by atoms with Crippen LogP contribution in [0.2, 0.25) is 10.0 Å². The average Bonchev–Trinajstić information content (AvgIpc) is 2.59. The summed E-state index contributed by atoms with van der Waals surface area (Å²) in [5.74, 6) is 0.578. The molecule has 1 heterocycles. The molecular weight excluding hydrogens is 347 g/mol. The number of hydrogen-bond donors (Lipinski definition) is 0. The molecule has 0 aliphatic heterocycles. The number of aromatic nitrogens is 2. The molecule has 0 amide bonds. The number of unbranched alkanes of at least 4 members (excludes halogenated alkanes) is 1. The van der Waals surface area contributed by atoms with Crippen LogP contribution in [0.25, 0.3) is 10.9 Å². The number of nitrogens with zero attached hydrogens (tertiary/aromatic N) is 2. The normalized spacial score (nSPS) is 10.9. The number of ether oxygens (including phenoxy) is 1. The van der Waals surface area contributed by atoms with Crippen molar-refractivity contribution < 1.29 is 4.74 Å². The monoisotopic (exact) mass is 362 g/mol. The van der Waals surface area contributed by atoms with Crippen molar-refractivity contribution in [3.63, 3.8) is 0 Å². The number of fused-ring (bicyclic) bond motifs is 1. The van der Waals surface area contributed by atoms with Crippen LogP contribution in [0.3, 0.4) is 0 Å². The topological polar surface area (TPSA) is 44.1 Å². The Morgan fingerprint density at radius 2 is 1.92 bits per heavy atom. The summed E-state index contributed by atoms with van der Waals surface area (Å²) in [6, 6.07) is 12.5. The fourth-order valence-corrected chi connectivity index (χ4v) is 2.75. The lowest BCUT2D eigenvalue weighted by Crippen LogP contribution is -2.20. The van der Waals surface area contributed by atoms with Crippen molar-refractivity contribution in [2.75, 3.05) is 6.61 Å². The van der Waals surface area contributed by atoms with Gasteiger partial charge < -0.3 is 4.74 Å². The van der Waals surface area contributed by atoms with Gasteiger partial charge in [-0.3, -0.25) is 9.36 Å². The number of halogens is 2. The minimum absolute atomic E-state index is 0.0144. The van der Waals surface area contributed by atoms with Gasteiger partial charge in [-0.25, -0.2) is 4.98 Å². The van der Waals surface area contributed by atoms with Crippen LogP contribution in [-0.2, 0) is 6.54 Å². The summed E-state index contributed by atoms with van der Waals surface area (Å²) in [5.41, 5.74) is 0.706. The van der Waals surface area contributed by atoms with Gasteiger partial charge in [0.1, 0.15) is 5.75 Å². The molecule has 0 spiro atoms. The summed E-state index contributed by atoms with van der Waals surface area (Å²) in [6.45, 7) is 1.11. The molecule has 2 aromatic carbocycles. The Morgan fingerprint density at radius 1 is 1.08 bits per heavy atom. The largest absolute Gasteiger partial charge is 0.492 e. The van der Waals surface area contributed by atoms with E-state index < -0.39 is 0 Å². The predicted molar refractivity (Wildman–Crippen MR) is 97.2 cm³/mol. The summed E-state index contributed by atoms with van der Waals surface area (Å²) >= 11 is 12.0. The standard InChI is InChI=1S/C18H16Cl2N2O2/c19-13-7-8-15(20)17(11-13)24-10-4-3-9-22-12-21-16-6-2-1-5-14(16)18(22)23/h1-2,5-8,11-12H,3-4,9-10H2. The third-order valence-electron chi connectivity index (χ3n) is 3.68. The quantitative estimate of drug-likeness (QED) is 0.603. The molecular formula is C18H16Cl2N2O2. The second-order valence-corrected chi connectivity index (χ2v) is 6.23. The summed E-state index contributed by atoms with van der Waals surface area (Å²) < 4.78 is 7.27. The van der Waals surface area contributed by atoms with Gasteiger partial charge in [0.05, 0.1) is 28.9 Å². The molecule has 3 aromatic rings. The van der Waals surface area contributed by atoms with Gasteiger partial charge in [0, 0.05) is 17.6 Å². The van der Waals surface area contributed by atoms with Crippen molar-refractivity contribution in [3.8, 4) is 5.75 Å². The molecule has 0 radical (unpaired) electrons. The fraction of sp³-hybridized carbons (Fsp3) is 0.222. The molecule has 124 valence electrons. The van der Waals surface area contributed by atoms with Crippen LogP contribution < -0.4 is 10.3 Å². The highest BCUT2D eigenvalue weighted by Crippen LogP contribution is 2.27. The summed E-state index contributed by atoms with van der Waals surface area (Å²) in [5, 5.41) is 1.76. The van der Waals surface area contributed by atoms with Crippen molar-refractivity contribution in [3.05, 3.63) is 69.2 Å². The molecule has 0 atom stereocenters. The first-order valence-corrected chi connectivity index (χ1v) is 8.43. The van der Waals surface area contributed by atoms with Gasteiger partial charge in [0.2, 0.25) is 0 Å². The predicted octanol–water partition coefficient (Wildman–Crippen LogP) is 4.56. The van der Waals surface area contributed by atoms with Crippen LogP contribution in [0.4, 0.5) is 0 Å². The van der Waals surface area contributed by atoms with E-state index in [0.717, 1.165) is 18.4 Å². The SMILES string of the molecule is O=c1c2ccccc2ncn1CCCCOc1cc(Cl)ccc1Cl. The molecule has 4 nitrogen and oxygen atoms in total. The maximum Gasteiger partial charge on any atom is 0.261 e. The van der Waals surface area contributed by atoms with Crippen LogP contribution in [0, 0.1) is 0 Å². The smallest absolute Gasteiger partial charge is 0.261 e. The van der Waals surface area contributed by atoms with E-state index in [2.05, 4.69) is 4.98 Å². The average molecular weight is 363 g/mol. The molecule has 0 saturated heterocycles. The molecule has 0 fully saturated rings. The number of hydrogen-bond acceptors (Lipinski definition) is 3. The minimum Gasteiger partial charge on any atom is -0.492 e. The Kier molecular flexibility index (Phi) is 5.38. The number of para-hydroxylation sites is 1. The third-order valence-corrected chi connectivity index (χ3v) is 4.22. The Bertz CT molecular complexity index is 909. The van der Waals surface area contributed by atoms with Crippen LogP contribution in [-0.4, -0.2) is 16.2 Å². The maximum atomic E-state index is 12.4. The van der Waals surface area contributed by atoms with Gasteiger partial charge in [0.15, 0.2) is 0 Å². The van der Waals surface area contributed by atoms with Gasteiger partial charge in [-0.1, -0.05) is 35.3 Å². The van der Waals surface area contributed by atoms with E-state index in [4.69, 9.17) is 27.9 Å². The molecule has 6 heteroatoms. The lowest BCUT2D eigenvalue weighted by atomic mass is 10.2. The lowest BCUT2D eigenvalue weighted by Gasteiger charge is -2.09. The van der Waals surface area contributed by atoms with Gasteiger partial charge in [-0.15, -0.1) is 0 Å². The zero-order chi connectivity index (χ0) is 16.9. The van der Waals surface area contributed by atoms with Crippen molar-refractivity contribution in [2.24, 2.45) is 0 Å². The molecule has 24 heavy (non-hydrogen) atoms. The summed E-state index contributed by atoms with van der Waals surface area (Å²) in [7, 11) is 0. The number of benzene rings is 2. The van der Waals surface area contributed by atoms with Gasteiger partial charge in [-0.2, -0.15) is 0 Å². The van der Waals surface area contributed by atoms with E-state index in [1.807, 2.05) is 18.2 Å². The molecule has 3 rings (SSSR count). The zero-order valence-electron chi connectivity index (χ0n) is 12.9. The lowest BCUT2D eigenvalue weighted by molar-refractivity contribution is 0.303. The van der Waals surface area contributed by atoms with E-state index in [1.54, 1.807) is 35.2 Å². The number of rotatable bonds is 6. The fourth-order valence-electron chi connectivity index (χ4n) is 2.42. The van der Waals surface area contributed by atoms with Gasteiger partial charge >= 0.3 is 0 Å². The van der Waals surface area contributed by atoms with Crippen molar-refractivity contribution in [1.29, 1.82) is 0 Å². The number of aryl methyl sites for hydroxylation is 1. The molecule has 1 aromatic heterocycles. The second kappa shape index (κ2) is 7.69. The Balaban J connectivity index is 1.54. The molecule has 0 bridgehead atoms. The first-order chi connectivity index (χ1) is 11.6. The Hall–Kier alpha value is -2.04. The van der Waals surface area contributed by atoms with E-state index in [-0.39, 0.29) is 5.56 Å². The molecule has 0 aliphatic rings. The second-order valence-electron chi connectivity index (χ2n) is 5.39. The first-order valence-electron chi connectivity index (χ1n) is 7.67. The minimum atomic E-state index is -0.0144. The van der Waals surface area contributed by atoms with Gasteiger partial charge in [-0.05, 0) is 37.1 Å². The summed E-state index contributed by atoms with van der Waals surface area (Å²) in [4.78, 5) is 16.7. The third kappa shape index (κ3) is 3.89. The van der Waals surface area contributed by atoms with Crippen LogP contribution in [0.1, 0.15) is 12.8 Å². The van der Waals surface area contributed by atoms with E-state index >= 15 is 0 Å². The van der Waals surface area contributed by atoms with Crippen molar-refractivity contribution >= 4 is 34.1 Å². The van der Waals surface area contributed by atoms with Crippen LogP contribution in [0.15, 0.2) is 53.6 Å². The maximum absolute atomic E-state index is 12.4.